The summed E-state index contributed by atoms with van der Waals surface area (Å²) in [5.41, 5.74) is -2.03. The van der Waals surface area contributed by atoms with Gasteiger partial charge in [0.1, 0.15) is 0 Å². The summed E-state index contributed by atoms with van der Waals surface area (Å²) >= 11 is 0. The van der Waals surface area contributed by atoms with Crippen molar-refractivity contribution < 1.29 is 31.1 Å². The molecule has 2 aromatic rings. The second kappa shape index (κ2) is 6.50. The highest BCUT2D eigenvalue weighted by molar-refractivity contribution is 5.94. The van der Waals surface area contributed by atoms with Crippen LogP contribution in [-0.2, 0) is 6.18 Å². The number of halogens is 6. The van der Waals surface area contributed by atoms with Crippen LogP contribution < -0.4 is 5.32 Å². The molecule has 0 radical (unpaired) electrons. The van der Waals surface area contributed by atoms with E-state index in [2.05, 4.69) is 10.3 Å². The van der Waals surface area contributed by atoms with Crippen LogP contribution in [0.2, 0.25) is 0 Å². The lowest BCUT2D eigenvalue weighted by Gasteiger charge is -2.15. The Hall–Kier alpha value is -2.58. The number of aromatic nitrogens is 1. The highest BCUT2D eigenvalue weighted by atomic mass is 19.4. The molecule has 0 bridgehead atoms. The van der Waals surface area contributed by atoms with Gasteiger partial charge in [0.25, 0.3) is 5.91 Å². The number of alkyl halides is 3. The highest BCUT2D eigenvalue weighted by Gasteiger charge is 2.32. The van der Waals surface area contributed by atoms with Crippen LogP contribution in [0.4, 0.5) is 26.3 Å². The first-order valence-electron chi connectivity index (χ1n) is 6.58. The van der Waals surface area contributed by atoms with Crippen LogP contribution >= 0.6 is 0 Å². The Morgan fingerprint density at radius 1 is 1.12 bits per heavy atom. The van der Waals surface area contributed by atoms with Gasteiger partial charge >= 0.3 is 6.18 Å². The van der Waals surface area contributed by atoms with Crippen molar-refractivity contribution in [2.45, 2.75) is 19.1 Å². The topological polar surface area (TPSA) is 42.0 Å². The lowest BCUT2D eigenvalue weighted by molar-refractivity contribution is -0.137. The van der Waals surface area contributed by atoms with E-state index in [1.165, 1.54) is 13.0 Å². The van der Waals surface area contributed by atoms with Crippen molar-refractivity contribution in [3.63, 3.8) is 0 Å². The third kappa shape index (κ3) is 3.84. The summed E-state index contributed by atoms with van der Waals surface area (Å²) < 4.78 is 77.4. The molecule has 0 spiro atoms. The van der Waals surface area contributed by atoms with Crippen molar-refractivity contribution in [1.29, 1.82) is 0 Å². The lowest BCUT2D eigenvalue weighted by atomic mass is 10.1. The number of carbonyl (C=O) groups excluding carboxylic acids is 1. The molecule has 1 heterocycles. The summed E-state index contributed by atoms with van der Waals surface area (Å²) in [7, 11) is 0. The van der Waals surface area contributed by atoms with Crippen LogP contribution in [0.25, 0.3) is 0 Å². The largest absolute Gasteiger partial charge is 0.417 e. The van der Waals surface area contributed by atoms with Crippen molar-refractivity contribution in [2.75, 3.05) is 0 Å². The van der Waals surface area contributed by atoms with Crippen molar-refractivity contribution >= 4 is 5.91 Å². The van der Waals surface area contributed by atoms with Crippen LogP contribution in [0.3, 0.4) is 0 Å². The maximum Gasteiger partial charge on any atom is 0.417 e. The maximum absolute atomic E-state index is 13.5. The summed E-state index contributed by atoms with van der Waals surface area (Å²) in [6.45, 7) is 1.38. The summed E-state index contributed by atoms with van der Waals surface area (Å²) in [5.74, 6) is -4.78. The zero-order chi connectivity index (χ0) is 18.1. The van der Waals surface area contributed by atoms with Gasteiger partial charge in [-0.05, 0) is 30.7 Å². The van der Waals surface area contributed by atoms with E-state index in [0.717, 1.165) is 12.1 Å². The molecule has 9 heteroatoms. The van der Waals surface area contributed by atoms with Crippen molar-refractivity contribution in [3.05, 3.63) is 64.7 Å². The summed E-state index contributed by atoms with van der Waals surface area (Å²) in [4.78, 5) is 14.9. The SMILES string of the molecule is CC(NC(=O)c1cc(C(F)(F)F)cnc1F)c1ccc(F)c(F)c1. The monoisotopic (exact) mass is 348 g/mol. The molecule has 128 valence electrons. The van der Waals surface area contributed by atoms with Gasteiger partial charge in [0.15, 0.2) is 11.6 Å². The number of nitrogens with one attached hydrogen (secondary N) is 1. The Labute approximate surface area is 132 Å². The van der Waals surface area contributed by atoms with Crippen LogP contribution in [0.5, 0.6) is 0 Å². The Kier molecular flexibility index (Phi) is 4.81. The number of benzene rings is 1. The fourth-order valence-electron chi connectivity index (χ4n) is 1.90. The molecule has 1 N–H and O–H groups in total. The molecule has 1 unspecified atom stereocenters. The van der Waals surface area contributed by atoms with E-state index in [1.54, 1.807) is 0 Å². The smallest absolute Gasteiger partial charge is 0.345 e. The first-order valence-corrected chi connectivity index (χ1v) is 6.58. The van der Waals surface area contributed by atoms with Crippen LogP contribution in [0.1, 0.15) is 34.5 Å². The molecule has 0 saturated heterocycles. The van der Waals surface area contributed by atoms with Crippen LogP contribution in [0.15, 0.2) is 30.5 Å². The quantitative estimate of drug-likeness (QED) is 0.673. The van der Waals surface area contributed by atoms with E-state index in [-0.39, 0.29) is 11.8 Å². The Morgan fingerprint density at radius 2 is 1.79 bits per heavy atom. The van der Waals surface area contributed by atoms with Crippen molar-refractivity contribution in [2.24, 2.45) is 0 Å². The molecule has 1 atom stereocenters. The van der Waals surface area contributed by atoms with Gasteiger partial charge in [-0.1, -0.05) is 6.07 Å². The van der Waals surface area contributed by atoms with Gasteiger partial charge in [0.05, 0.1) is 17.2 Å². The van der Waals surface area contributed by atoms with Crippen LogP contribution in [-0.4, -0.2) is 10.9 Å². The standard InChI is InChI=1S/C15H10F6N2O/c1-7(8-2-3-11(16)12(17)4-8)23-14(24)10-5-9(15(19,20)21)6-22-13(10)18/h2-7H,1H3,(H,23,24). The van der Waals surface area contributed by atoms with Gasteiger partial charge in [0, 0.05) is 6.20 Å². The maximum atomic E-state index is 13.5. The van der Waals surface area contributed by atoms with E-state index in [4.69, 9.17) is 0 Å². The van der Waals surface area contributed by atoms with Gasteiger partial charge in [-0.2, -0.15) is 17.6 Å². The average Bonchev–Trinajstić information content (AvgIpc) is 2.49. The fourth-order valence-corrected chi connectivity index (χ4v) is 1.90. The molecule has 1 amide bonds. The molecule has 0 aliphatic rings. The normalized spacial score (nSPS) is 12.8. The zero-order valence-electron chi connectivity index (χ0n) is 12.1. The second-order valence-corrected chi connectivity index (χ2v) is 4.93. The number of nitrogens with zero attached hydrogens (tertiary/aromatic N) is 1. The van der Waals surface area contributed by atoms with E-state index in [9.17, 15) is 31.1 Å². The molecule has 24 heavy (non-hydrogen) atoms. The number of pyridine rings is 1. The number of amides is 1. The molecule has 0 aliphatic heterocycles. The minimum absolute atomic E-state index is 0.155. The summed E-state index contributed by atoms with van der Waals surface area (Å²) in [6, 6.07) is 2.27. The molecule has 0 fully saturated rings. The fraction of sp³-hybridized carbons (Fsp3) is 0.200. The number of rotatable bonds is 3. The molecule has 3 nitrogen and oxygen atoms in total. The van der Waals surface area contributed by atoms with Crippen LogP contribution in [0, 0.1) is 17.6 Å². The van der Waals surface area contributed by atoms with Crippen molar-refractivity contribution in [3.8, 4) is 0 Å². The van der Waals surface area contributed by atoms with Gasteiger partial charge in [-0.25, -0.2) is 13.8 Å². The number of hydrogen-bond donors (Lipinski definition) is 1. The minimum atomic E-state index is -4.79. The first kappa shape index (κ1) is 17.8. The van der Waals surface area contributed by atoms with E-state index in [1.807, 2.05) is 0 Å². The minimum Gasteiger partial charge on any atom is -0.345 e. The Balaban J connectivity index is 2.24. The summed E-state index contributed by atoms with van der Waals surface area (Å²) in [5, 5.41) is 2.20. The van der Waals surface area contributed by atoms with E-state index >= 15 is 0 Å². The third-order valence-corrected chi connectivity index (χ3v) is 3.20. The predicted octanol–water partition coefficient (Wildman–Crippen LogP) is 4.01. The van der Waals surface area contributed by atoms with Gasteiger partial charge in [-0.15, -0.1) is 0 Å². The lowest BCUT2D eigenvalue weighted by Crippen LogP contribution is -2.28. The molecule has 1 aromatic carbocycles. The molecule has 0 aliphatic carbocycles. The molecule has 0 saturated carbocycles. The zero-order valence-corrected chi connectivity index (χ0v) is 12.1. The molecule has 2 rings (SSSR count). The Bertz CT molecular complexity index is 775. The molecular formula is C15H10F6N2O. The molecular weight excluding hydrogens is 338 g/mol. The molecule has 1 aromatic heterocycles. The number of hydrogen-bond acceptors (Lipinski definition) is 2. The van der Waals surface area contributed by atoms with Crippen molar-refractivity contribution in [1.82, 2.24) is 10.3 Å². The van der Waals surface area contributed by atoms with E-state index in [0.29, 0.717) is 6.07 Å². The van der Waals surface area contributed by atoms with Gasteiger partial charge in [0.2, 0.25) is 5.95 Å². The Morgan fingerprint density at radius 3 is 2.38 bits per heavy atom. The first-order chi connectivity index (χ1) is 11.1. The summed E-state index contributed by atoms with van der Waals surface area (Å²) in [6.07, 6.45) is -4.52. The van der Waals surface area contributed by atoms with E-state index < -0.39 is 46.8 Å². The third-order valence-electron chi connectivity index (χ3n) is 3.20. The predicted molar refractivity (Wildman–Crippen MR) is 71.4 cm³/mol. The second-order valence-electron chi connectivity index (χ2n) is 4.93. The average molecular weight is 348 g/mol. The highest BCUT2D eigenvalue weighted by Crippen LogP contribution is 2.29. The van der Waals surface area contributed by atoms with Gasteiger partial charge < -0.3 is 5.32 Å². The van der Waals surface area contributed by atoms with Gasteiger partial charge in [-0.3, -0.25) is 4.79 Å². The number of carbonyl (C=O) groups is 1.